The van der Waals surface area contributed by atoms with Crippen molar-refractivity contribution in [3.05, 3.63) is 66.0 Å². The fraction of sp³-hybridized carbons (Fsp3) is 0.429. The summed E-state index contributed by atoms with van der Waals surface area (Å²) in [5.74, 6) is 0. The van der Waals surface area contributed by atoms with E-state index in [1.807, 2.05) is 0 Å². The van der Waals surface area contributed by atoms with E-state index in [-0.39, 0.29) is 9.76 Å². The van der Waals surface area contributed by atoms with Crippen LogP contribution in [0.4, 0.5) is 0 Å². The molecule has 0 aliphatic heterocycles. The fourth-order valence-corrected chi connectivity index (χ4v) is 25.8. The van der Waals surface area contributed by atoms with Gasteiger partial charge in [-0.3, -0.25) is 0 Å². The van der Waals surface area contributed by atoms with Crippen molar-refractivity contribution in [3.63, 3.8) is 0 Å². The van der Waals surface area contributed by atoms with Crippen molar-refractivity contribution in [2.45, 2.75) is 54.1 Å². The summed E-state index contributed by atoms with van der Waals surface area (Å²) in [4.78, 5) is 0. The van der Waals surface area contributed by atoms with Crippen LogP contribution in [-0.4, -0.2) is 16.8 Å². The van der Waals surface area contributed by atoms with Crippen molar-refractivity contribution in [3.8, 4) is 0 Å². The van der Waals surface area contributed by atoms with Crippen LogP contribution in [0, 0.1) is 0 Å². The van der Waals surface area contributed by atoms with E-state index < -0.39 is 16.8 Å². The quantitative estimate of drug-likeness (QED) is 0.492. The molecule has 1 heterocycles. The van der Waals surface area contributed by atoms with Gasteiger partial charge in [-0.2, -0.15) is 0 Å². The molecule has 0 saturated carbocycles. The van der Waals surface area contributed by atoms with Gasteiger partial charge in [-0.05, 0) is 0 Å². The molecule has 1 aliphatic carbocycles. The number of rotatable bonds is 4. The number of nitrogens with zero attached hydrogens (tertiary/aromatic N) is 1. The maximum atomic E-state index is 8.03. The van der Waals surface area contributed by atoms with Gasteiger partial charge < -0.3 is 0 Å². The van der Waals surface area contributed by atoms with Crippen LogP contribution in [0.15, 0.2) is 54.9 Å². The summed E-state index contributed by atoms with van der Waals surface area (Å²) >= 11 is 0. The second-order valence-corrected chi connectivity index (χ2v) is 59.5. The Labute approximate surface area is 168 Å². The second-order valence-electron chi connectivity index (χ2n) is 11.3. The standard InChI is InChI=1S/C13H10N.C4H10N.C2H7Si.2CH3.2ClH.Ti/c1-2-6-12-11(5-1)7-8-13(12)14-9-3-4-10-14;1-4(2,3)5;1-3-2;;;;;/h1-10H;5H,1-3H3;3H,1-2H3;2*1H3;2*1H;/q;-1;;;;;;+3/p-2. The van der Waals surface area contributed by atoms with Gasteiger partial charge in [0.15, 0.2) is 0 Å². The van der Waals surface area contributed by atoms with Crippen LogP contribution >= 0.6 is 18.6 Å². The van der Waals surface area contributed by atoms with Crippen LogP contribution in [0.2, 0.25) is 23.6 Å². The summed E-state index contributed by atoms with van der Waals surface area (Å²) in [5.41, 5.74) is 3.44. The molecule has 27 heavy (non-hydrogen) atoms. The number of nitrogens with one attached hydrogen (secondary N) is 1. The molecular formula is C21H33Cl2N2SiTi. The summed E-state index contributed by atoms with van der Waals surface area (Å²) in [7, 11) is 10.8. The van der Waals surface area contributed by atoms with Gasteiger partial charge in [0, 0.05) is 0 Å². The minimum atomic E-state index is -5.27. The van der Waals surface area contributed by atoms with Crippen LogP contribution < -0.4 is 3.80 Å². The average Bonchev–Trinajstić information content (AvgIpc) is 3.11. The van der Waals surface area contributed by atoms with E-state index >= 15 is 0 Å². The third kappa shape index (κ3) is 3.25. The molecule has 2 nitrogen and oxygen atoms in total. The third-order valence-electron chi connectivity index (χ3n) is 7.05. The van der Waals surface area contributed by atoms with Crippen molar-refractivity contribution >= 4 is 31.0 Å². The Morgan fingerprint density at radius 2 is 1.56 bits per heavy atom. The van der Waals surface area contributed by atoms with E-state index in [4.69, 9.17) is 18.6 Å². The van der Waals surface area contributed by atoms with E-state index in [1.165, 1.54) is 16.8 Å². The molecule has 2 aromatic rings. The van der Waals surface area contributed by atoms with Crippen molar-refractivity contribution < 1.29 is 10.1 Å². The topological polar surface area (TPSA) is 17.0 Å². The van der Waals surface area contributed by atoms with Gasteiger partial charge in [-0.1, -0.05) is 0 Å². The van der Waals surface area contributed by atoms with Crippen LogP contribution in [0.25, 0.3) is 5.70 Å². The molecule has 0 radical (unpaired) electrons. The molecule has 0 bridgehead atoms. The number of benzene rings is 1. The molecule has 0 spiro atoms. The Morgan fingerprint density at radius 1 is 1.00 bits per heavy atom. The first-order valence-electron chi connectivity index (χ1n) is 9.84. The normalized spacial score (nSPS) is 21.8. The van der Waals surface area contributed by atoms with Crippen molar-refractivity contribution in [1.29, 1.82) is 0 Å². The number of allylic oxidation sites excluding steroid dienone is 1. The van der Waals surface area contributed by atoms with Crippen LogP contribution in [-0.2, 0) is 10.1 Å². The van der Waals surface area contributed by atoms with Gasteiger partial charge in [-0.25, -0.2) is 0 Å². The molecule has 3 rings (SSSR count). The molecule has 0 fully saturated rings. The monoisotopic (exact) mass is 459 g/mol. The summed E-state index contributed by atoms with van der Waals surface area (Å²) in [6.45, 7) is 9.50. The first kappa shape index (κ1) is 21.4. The molecule has 6 heteroatoms. The van der Waals surface area contributed by atoms with Gasteiger partial charge in [0.25, 0.3) is 0 Å². The summed E-state index contributed by atoms with van der Waals surface area (Å²) in [6.07, 6.45) is 6.50. The zero-order chi connectivity index (χ0) is 20.4. The first-order chi connectivity index (χ1) is 12.0. The molecule has 1 atom stereocenters. The number of hydrogen-bond donors (Lipinski definition) is 1. The van der Waals surface area contributed by atoms with Crippen LogP contribution in [0.5, 0.6) is 0 Å². The number of aromatic nitrogens is 1. The van der Waals surface area contributed by atoms with E-state index in [1.54, 1.807) is 0 Å². The van der Waals surface area contributed by atoms with Gasteiger partial charge in [0.1, 0.15) is 0 Å². The van der Waals surface area contributed by atoms with Crippen LogP contribution in [0.3, 0.4) is 0 Å². The molecule has 1 aromatic carbocycles. The molecule has 0 saturated heterocycles. The second kappa shape index (κ2) is 5.25. The Morgan fingerprint density at radius 3 is 2.07 bits per heavy atom. The van der Waals surface area contributed by atoms with Gasteiger partial charge >= 0.3 is 170 Å². The summed E-state index contributed by atoms with van der Waals surface area (Å²) in [5, 5.41) is 4.42. The molecule has 1 unspecified atom stereocenters. The molecule has 1 N–H and O–H groups in total. The molecule has 1 aliphatic rings. The number of hydrogen-bond acceptors (Lipinski definition) is 1. The van der Waals surface area contributed by atoms with E-state index in [0.717, 1.165) is 0 Å². The third-order valence-corrected chi connectivity index (χ3v) is 55.0. The minimum absolute atomic E-state index is 0.0364. The number of halogens is 2. The van der Waals surface area contributed by atoms with Crippen LogP contribution in [0.1, 0.15) is 36.1 Å². The predicted molar refractivity (Wildman–Crippen MR) is 122 cm³/mol. The summed E-state index contributed by atoms with van der Waals surface area (Å²) < 4.78 is 6.06. The van der Waals surface area contributed by atoms with E-state index in [9.17, 15) is 0 Å². The zero-order valence-corrected chi connectivity index (χ0v) is 21.8. The van der Waals surface area contributed by atoms with E-state index in [0.29, 0.717) is 0 Å². The van der Waals surface area contributed by atoms with Gasteiger partial charge in [0.2, 0.25) is 0 Å². The fourth-order valence-electron chi connectivity index (χ4n) is 5.02. The van der Waals surface area contributed by atoms with E-state index in [2.05, 4.69) is 108 Å². The van der Waals surface area contributed by atoms with Crippen molar-refractivity contribution in [1.82, 2.24) is 8.37 Å². The Kier molecular flexibility index (Phi) is 4.16. The summed E-state index contributed by atoms with van der Waals surface area (Å²) in [6, 6.07) is 12.7. The molecule has 149 valence electrons. The zero-order valence-electron chi connectivity index (χ0n) is 17.6. The predicted octanol–water partition coefficient (Wildman–Crippen LogP) is 6.88. The average molecular weight is 460 g/mol. The van der Waals surface area contributed by atoms with Gasteiger partial charge in [-0.15, -0.1) is 0 Å². The van der Waals surface area contributed by atoms with Crippen molar-refractivity contribution in [2.75, 3.05) is 0 Å². The van der Waals surface area contributed by atoms with Crippen molar-refractivity contribution in [2.24, 2.45) is 0 Å². The molecular weight excluding hydrogens is 427 g/mol. The molecule has 1 aromatic heterocycles. The Balaban J connectivity index is 2.39. The Bertz CT molecular complexity index is 943. The SMILES string of the molecule is C[SiH](C)[Ti]([CH3])([CH3])([Cl])([Cl])([NH]C(C)(C)C)[CH]1C=C(n2cccc2)c2ccccc21. The molecule has 0 amide bonds. The maximum absolute atomic E-state index is 8.03. The Hall–Kier alpha value is -0.289. The number of fused-ring (bicyclic) bond motifs is 1. The first-order valence-corrected chi connectivity index (χ1v) is 24.5. The van der Waals surface area contributed by atoms with Gasteiger partial charge in [0.05, 0.1) is 0 Å².